The van der Waals surface area contributed by atoms with Crippen molar-refractivity contribution in [3.63, 3.8) is 0 Å². The van der Waals surface area contributed by atoms with Crippen LogP contribution in [0.5, 0.6) is 11.5 Å². The molecular formula is C16H21NO5. The third kappa shape index (κ3) is 3.32. The molecule has 1 aromatic carbocycles. The van der Waals surface area contributed by atoms with Crippen molar-refractivity contribution in [2.24, 2.45) is 5.92 Å². The molecule has 22 heavy (non-hydrogen) atoms. The van der Waals surface area contributed by atoms with Gasteiger partial charge in [-0.05, 0) is 31.5 Å². The summed E-state index contributed by atoms with van der Waals surface area (Å²) in [5, 5.41) is 11.6. The molecule has 120 valence electrons. The molecule has 1 amide bonds. The molecule has 1 atom stereocenters. The lowest BCUT2D eigenvalue weighted by molar-refractivity contribution is -0.141. The van der Waals surface area contributed by atoms with Gasteiger partial charge in [0.2, 0.25) is 5.91 Å². The lowest BCUT2D eigenvalue weighted by atomic mass is 9.83. The Labute approximate surface area is 129 Å². The van der Waals surface area contributed by atoms with Crippen molar-refractivity contribution < 1.29 is 24.2 Å². The second-order valence-corrected chi connectivity index (χ2v) is 5.93. The molecule has 1 aliphatic heterocycles. The molecule has 0 saturated heterocycles. The van der Waals surface area contributed by atoms with E-state index in [4.69, 9.17) is 14.6 Å². The molecular weight excluding hydrogens is 286 g/mol. The number of ether oxygens (including phenoxy) is 2. The van der Waals surface area contributed by atoms with Crippen LogP contribution in [0.25, 0.3) is 0 Å². The minimum absolute atomic E-state index is 0.0994. The molecule has 1 unspecified atom stereocenters. The summed E-state index contributed by atoms with van der Waals surface area (Å²) in [5.41, 5.74) is -0.00846. The number of carboxylic acid groups (broad SMARTS) is 1. The first kappa shape index (κ1) is 16.1. The van der Waals surface area contributed by atoms with E-state index in [2.05, 4.69) is 5.32 Å². The second-order valence-electron chi connectivity index (χ2n) is 5.93. The highest BCUT2D eigenvalue weighted by Crippen LogP contribution is 2.35. The van der Waals surface area contributed by atoms with E-state index in [1.807, 2.05) is 6.07 Å². The van der Waals surface area contributed by atoms with Gasteiger partial charge in [-0.25, -0.2) is 0 Å². The van der Waals surface area contributed by atoms with Crippen molar-refractivity contribution in [1.82, 2.24) is 5.32 Å². The van der Waals surface area contributed by atoms with Gasteiger partial charge in [-0.1, -0.05) is 13.0 Å². The summed E-state index contributed by atoms with van der Waals surface area (Å²) < 4.78 is 11.0. The van der Waals surface area contributed by atoms with Crippen LogP contribution >= 0.6 is 0 Å². The average molecular weight is 307 g/mol. The van der Waals surface area contributed by atoms with Gasteiger partial charge in [-0.2, -0.15) is 0 Å². The molecule has 0 aliphatic carbocycles. The number of amides is 1. The lowest BCUT2D eigenvalue weighted by Gasteiger charge is -2.27. The Morgan fingerprint density at radius 3 is 2.55 bits per heavy atom. The average Bonchev–Trinajstić information content (AvgIpc) is 2.51. The Bertz CT molecular complexity index is 582. The lowest BCUT2D eigenvalue weighted by Crippen LogP contribution is -2.42. The van der Waals surface area contributed by atoms with Gasteiger partial charge in [0.15, 0.2) is 11.5 Å². The fourth-order valence-electron chi connectivity index (χ4n) is 2.12. The molecule has 2 rings (SSSR count). The van der Waals surface area contributed by atoms with Crippen molar-refractivity contribution in [1.29, 1.82) is 0 Å². The first-order chi connectivity index (χ1) is 10.3. The van der Waals surface area contributed by atoms with Crippen LogP contribution in [0.2, 0.25) is 0 Å². The molecule has 0 radical (unpaired) electrons. The van der Waals surface area contributed by atoms with E-state index in [9.17, 15) is 9.59 Å². The van der Waals surface area contributed by atoms with Gasteiger partial charge >= 0.3 is 5.97 Å². The second kappa shape index (κ2) is 6.25. The van der Waals surface area contributed by atoms with Crippen LogP contribution in [0.15, 0.2) is 18.2 Å². The number of nitrogens with one attached hydrogen (secondary N) is 1. The van der Waals surface area contributed by atoms with Gasteiger partial charge in [-0.3, -0.25) is 9.59 Å². The summed E-state index contributed by atoms with van der Waals surface area (Å²) in [6.07, 6.45) is 0. The Kier molecular flexibility index (Phi) is 4.59. The molecule has 1 aromatic rings. The van der Waals surface area contributed by atoms with E-state index in [1.54, 1.807) is 32.9 Å². The number of aliphatic carboxylic acids is 1. The zero-order chi connectivity index (χ0) is 16.3. The first-order valence-corrected chi connectivity index (χ1v) is 7.23. The van der Waals surface area contributed by atoms with E-state index in [-0.39, 0.29) is 12.5 Å². The minimum atomic E-state index is -0.933. The summed E-state index contributed by atoms with van der Waals surface area (Å²) in [5.74, 6) is -0.482. The summed E-state index contributed by atoms with van der Waals surface area (Å²) in [6, 6.07) is 5.42. The van der Waals surface area contributed by atoms with Crippen LogP contribution < -0.4 is 14.8 Å². The summed E-state index contributed by atoms with van der Waals surface area (Å²) >= 11 is 0. The van der Waals surface area contributed by atoms with Crippen molar-refractivity contribution in [3.05, 3.63) is 23.8 Å². The largest absolute Gasteiger partial charge is 0.486 e. The number of hydrogen-bond acceptors (Lipinski definition) is 4. The highest BCUT2D eigenvalue weighted by Gasteiger charge is 2.31. The molecule has 0 saturated carbocycles. The quantitative estimate of drug-likeness (QED) is 0.862. The van der Waals surface area contributed by atoms with Crippen molar-refractivity contribution in [2.75, 3.05) is 19.8 Å². The normalized spacial score (nSPS) is 15.0. The van der Waals surface area contributed by atoms with E-state index < -0.39 is 17.3 Å². The Morgan fingerprint density at radius 1 is 1.27 bits per heavy atom. The number of benzene rings is 1. The minimum Gasteiger partial charge on any atom is -0.486 e. The third-order valence-corrected chi connectivity index (χ3v) is 3.82. The standard InChI is InChI=1S/C16H21NO5/c1-10(14(18)19)9-17-15(20)16(2,3)11-4-5-12-13(8-11)22-7-6-21-12/h4-5,8,10H,6-7,9H2,1-3H3,(H,17,20)(H,18,19). The van der Waals surface area contributed by atoms with Crippen molar-refractivity contribution >= 4 is 11.9 Å². The number of carbonyl (C=O) groups excluding carboxylic acids is 1. The Morgan fingerprint density at radius 2 is 1.91 bits per heavy atom. The number of rotatable bonds is 5. The third-order valence-electron chi connectivity index (χ3n) is 3.82. The fourth-order valence-corrected chi connectivity index (χ4v) is 2.12. The zero-order valence-electron chi connectivity index (χ0n) is 13.0. The van der Waals surface area contributed by atoms with Gasteiger partial charge in [0.1, 0.15) is 13.2 Å². The van der Waals surface area contributed by atoms with Crippen LogP contribution in [-0.4, -0.2) is 36.7 Å². The van der Waals surface area contributed by atoms with Gasteiger partial charge in [-0.15, -0.1) is 0 Å². The molecule has 0 bridgehead atoms. The highest BCUT2D eigenvalue weighted by molar-refractivity contribution is 5.88. The number of hydrogen-bond donors (Lipinski definition) is 2. The number of fused-ring (bicyclic) bond motifs is 1. The predicted molar refractivity (Wildman–Crippen MR) is 80.3 cm³/mol. The molecule has 0 spiro atoms. The SMILES string of the molecule is CC(CNC(=O)C(C)(C)c1ccc2c(c1)OCCO2)C(=O)O. The van der Waals surface area contributed by atoms with Gasteiger partial charge in [0.25, 0.3) is 0 Å². The van der Waals surface area contributed by atoms with E-state index in [0.717, 1.165) is 5.56 Å². The van der Waals surface area contributed by atoms with Crippen LogP contribution in [0.4, 0.5) is 0 Å². The molecule has 1 aliphatic rings. The fraction of sp³-hybridized carbons (Fsp3) is 0.500. The molecule has 6 nitrogen and oxygen atoms in total. The maximum absolute atomic E-state index is 12.4. The monoisotopic (exact) mass is 307 g/mol. The first-order valence-electron chi connectivity index (χ1n) is 7.23. The van der Waals surface area contributed by atoms with Gasteiger partial charge < -0.3 is 19.9 Å². The highest BCUT2D eigenvalue weighted by atomic mass is 16.6. The smallest absolute Gasteiger partial charge is 0.308 e. The van der Waals surface area contributed by atoms with Crippen molar-refractivity contribution in [2.45, 2.75) is 26.2 Å². The maximum Gasteiger partial charge on any atom is 0.308 e. The van der Waals surface area contributed by atoms with E-state index in [1.165, 1.54) is 0 Å². The molecule has 2 N–H and O–H groups in total. The topological polar surface area (TPSA) is 84.9 Å². The van der Waals surface area contributed by atoms with Gasteiger partial charge in [0, 0.05) is 6.54 Å². The van der Waals surface area contributed by atoms with Crippen LogP contribution in [-0.2, 0) is 15.0 Å². The van der Waals surface area contributed by atoms with Crippen LogP contribution in [0, 0.1) is 5.92 Å². The van der Waals surface area contributed by atoms with Crippen LogP contribution in [0.1, 0.15) is 26.3 Å². The van der Waals surface area contributed by atoms with Crippen LogP contribution in [0.3, 0.4) is 0 Å². The molecule has 1 heterocycles. The molecule has 6 heteroatoms. The van der Waals surface area contributed by atoms with Crippen molar-refractivity contribution in [3.8, 4) is 11.5 Å². The zero-order valence-corrected chi connectivity index (χ0v) is 13.0. The Hall–Kier alpha value is -2.24. The van der Waals surface area contributed by atoms with Gasteiger partial charge in [0.05, 0.1) is 11.3 Å². The Balaban J connectivity index is 2.11. The maximum atomic E-state index is 12.4. The predicted octanol–water partition coefficient (Wildman–Crippen LogP) is 1.57. The summed E-state index contributed by atoms with van der Waals surface area (Å²) in [6.45, 7) is 6.24. The van der Waals surface area contributed by atoms with E-state index in [0.29, 0.717) is 24.7 Å². The number of carbonyl (C=O) groups is 2. The summed E-state index contributed by atoms with van der Waals surface area (Å²) in [7, 11) is 0. The summed E-state index contributed by atoms with van der Waals surface area (Å²) in [4.78, 5) is 23.2. The van der Waals surface area contributed by atoms with E-state index >= 15 is 0 Å². The number of carboxylic acids is 1. The molecule has 0 aromatic heterocycles. The molecule has 0 fully saturated rings.